The topological polar surface area (TPSA) is 53.2 Å². The molecule has 1 aromatic carbocycles. The number of benzene rings is 1. The van der Waals surface area contributed by atoms with Crippen molar-refractivity contribution >= 4 is 23.0 Å². The van der Waals surface area contributed by atoms with Gasteiger partial charge in [0.25, 0.3) is 0 Å². The Morgan fingerprint density at radius 1 is 1.13 bits per heavy atom. The molecule has 1 atom stereocenters. The van der Waals surface area contributed by atoms with E-state index in [-0.39, 0.29) is 11.3 Å². The van der Waals surface area contributed by atoms with Gasteiger partial charge in [0, 0.05) is 61.5 Å². The number of hydrogen-bond donors (Lipinski definition) is 1. The predicted molar refractivity (Wildman–Crippen MR) is 111 cm³/mol. The van der Waals surface area contributed by atoms with Crippen LogP contribution in [0.4, 0.5) is 18.9 Å². The molecule has 1 saturated heterocycles. The lowest BCUT2D eigenvalue weighted by molar-refractivity contribution is -0.136. The van der Waals surface area contributed by atoms with Gasteiger partial charge in [-0.2, -0.15) is 13.2 Å². The van der Waals surface area contributed by atoms with Crippen molar-refractivity contribution in [1.82, 2.24) is 14.3 Å². The summed E-state index contributed by atoms with van der Waals surface area (Å²) in [5, 5.41) is 10.6. The van der Waals surface area contributed by atoms with E-state index in [1.165, 1.54) is 22.9 Å². The second kappa shape index (κ2) is 7.28. The first-order valence-electron chi connectivity index (χ1n) is 9.99. The summed E-state index contributed by atoms with van der Waals surface area (Å²) in [5.74, 6) is 0.535. The predicted octanol–water partition coefficient (Wildman–Crippen LogP) is 3.36. The van der Waals surface area contributed by atoms with Gasteiger partial charge in [-0.05, 0) is 37.4 Å². The molecule has 0 spiro atoms. The van der Waals surface area contributed by atoms with Gasteiger partial charge in [-0.3, -0.25) is 0 Å². The van der Waals surface area contributed by atoms with Crippen molar-refractivity contribution < 1.29 is 23.0 Å². The number of aromatic nitrogens is 2. The molecule has 1 fully saturated rings. The van der Waals surface area contributed by atoms with E-state index in [1.54, 1.807) is 6.08 Å². The molecule has 162 valence electrons. The summed E-state index contributed by atoms with van der Waals surface area (Å²) < 4.78 is 46.9. The van der Waals surface area contributed by atoms with Crippen LogP contribution in [0.15, 0.2) is 42.7 Å². The smallest absolute Gasteiger partial charge is 0.419 e. The summed E-state index contributed by atoms with van der Waals surface area (Å²) in [7, 11) is 2.09. The van der Waals surface area contributed by atoms with E-state index in [0.29, 0.717) is 11.3 Å². The number of likely N-dealkylation sites (N-methyl/N-ethyl adjacent to an activating group) is 1. The second-order valence-electron chi connectivity index (χ2n) is 7.86. The summed E-state index contributed by atoms with van der Waals surface area (Å²) in [6.45, 7) is 3.75. The van der Waals surface area contributed by atoms with Crippen molar-refractivity contribution in [1.29, 1.82) is 0 Å². The van der Waals surface area contributed by atoms with Crippen molar-refractivity contribution in [3.05, 3.63) is 59.5 Å². The number of piperazine rings is 1. The van der Waals surface area contributed by atoms with Crippen LogP contribution in [0, 0.1) is 0 Å². The Hall–Kier alpha value is -3.04. The molecule has 5 rings (SSSR count). The highest BCUT2D eigenvalue weighted by molar-refractivity contribution is 5.86. The van der Waals surface area contributed by atoms with Gasteiger partial charge in [0.15, 0.2) is 0 Å². The van der Waals surface area contributed by atoms with Crippen molar-refractivity contribution in [3.8, 4) is 5.75 Å². The molecule has 2 aromatic heterocycles. The van der Waals surface area contributed by atoms with E-state index in [2.05, 4.69) is 21.8 Å². The van der Waals surface area contributed by atoms with E-state index >= 15 is 0 Å². The number of halogens is 3. The van der Waals surface area contributed by atoms with E-state index in [1.807, 2.05) is 18.2 Å². The largest absolute Gasteiger partial charge is 0.460 e. The first-order chi connectivity index (χ1) is 14.8. The molecule has 0 bridgehead atoms. The van der Waals surface area contributed by atoms with E-state index in [0.717, 1.165) is 43.5 Å². The molecule has 6 nitrogen and oxygen atoms in total. The van der Waals surface area contributed by atoms with Gasteiger partial charge >= 0.3 is 6.18 Å². The molecule has 0 aliphatic carbocycles. The minimum absolute atomic E-state index is 0.214. The number of aliphatic hydroxyl groups excluding tert-OH is 1. The van der Waals surface area contributed by atoms with Gasteiger partial charge in [0.1, 0.15) is 11.4 Å². The first-order valence-corrected chi connectivity index (χ1v) is 9.99. The van der Waals surface area contributed by atoms with Crippen LogP contribution in [0.5, 0.6) is 5.75 Å². The SMILES string of the molecule is CN1CCN(c2ccc3c(c2)OC(O)C(c2cn4cccc(C(F)(F)F)c4n2)=C3)CC1. The van der Waals surface area contributed by atoms with Gasteiger partial charge in [-0.25, -0.2) is 4.98 Å². The summed E-state index contributed by atoms with van der Waals surface area (Å²) in [6, 6.07) is 8.08. The van der Waals surface area contributed by atoms with Crippen LogP contribution in [0.2, 0.25) is 0 Å². The van der Waals surface area contributed by atoms with Gasteiger partial charge in [-0.1, -0.05) is 0 Å². The third-order valence-corrected chi connectivity index (χ3v) is 5.77. The molecule has 3 aromatic rings. The van der Waals surface area contributed by atoms with Crippen LogP contribution >= 0.6 is 0 Å². The molecule has 0 radical (unpaired) electrons. The lowest BCUT2D eigenvalue weighted by Gasteiger charge is -2.34. The Balaban J connectivity index is 1.49. The van der Waals surface area contributed by atoms with Gasteiger partial charge < -0.3 is 24.0 Å². The maximum absolute atomic E-state index is 13.3. The minimum atomic E-state index is -4.52. The third kappa shape index (κ3) is 3.64. The average Bonchev–Trinajstić information content (AvgIpc) is 3.16. The molecule has 4 heterocycles. The monoisotopic (exact) mass is 430 g/mol. The van der Waals surface area contributed by atoms with Crippen molar-refractivity contribution in [2.24, 2.45) is 0 Å². The van der Waals surface area contributed by atoms with Crippen LogP contribution < -0.4 is 9.64 Å². The molecule has 9 heteroatoms. The van der Waals surface area contributed by atoms with Crippen LogP contribution in [0.25, 0.3) is 17.3 Å². The highest BCUT2D eigenvalue weighted by Crippen LogP contribution is 2.37. The van der Waals surface area contributed by atoms with Crippen molar-refractivity contribution in [2.75, 3.05) is 38.1 Å². The third-order valence-electron chi connectivity index (χ3n) is 5.77. The number of hydrogen-bond acceptors (Lipinski definition) is 5. The minimum Gasteiger partial charge on any atom is -0.460 e. The number of ether oxygens (including phenoxy) is 1. The molecule has 2 aliphatic rings. The fourth-order valence-corrected chi connectivity index (χ4v) is 4.00. The highest BCUT2D eigenvalue weighted by atomic mass is 19.4. The number of nitrogens with zero attached hydrogens (tertiary/aromatic N) is 4. The Morgan fingerprint density at radius 2 is 1.90 bits per heavy atom. The average molecular weight is 430 g/mol. The molecule has 1 unspecified atom stereocenters. The van der Waals surface area contributed by atoms with Crippen LogP contribution in [0.1, 0.15) is 16.8 Å². The maximum Gasteiger partial charge on any atom is 0.419 e. The number of aliphatic hydroxyl groups is 1. The molecule has 31 heavy (non-hydrogen) atoms. The fourth-order valence-electron chi connectivity index (χ4n) is 4.00. The number of anilines is 1. The number of rotatable bonds is 2. The number of fused-ring (bicyclic) bond motifs is 2. The van der Waals surface area contributed by atoms with Crippen LogP contribution in [0.3, 0.4) is 0 Å². The van der Waals surface area contributed by atoms with Gasteiger partial charge in [-0.15, -0.1) is 0 Å². The quantitative estimate of drug-likeness (QED) is 0.676. The highest BCUT2D eigenvalue weighted by Gasteiger charge is 2.34. The lowest BCUT2D eigenvalue weighted by Crippen LogP contribution is -2.44. The fraction of sp³-hybridized carbons (Fsp3) is 0.318. The number of alkyl halides is 3. The van der Waals surface area contributed by atoms with E-state index < -0.39 is 18.0 Å². The maximum atomic E-state index is 13.3. The standard InChI is InChI=1S/C22H21F3N4O2/c1-27-7-9-28(10-8-27)15-5-4-14-11-16(21(30)31-19(14)12-15)18-13-29-6-2-3-17(20(29)26-18)22(23,24)25/h2-6,11-13,21,30H,7-10H2,1H3. The Kier molecular flexibility index (Phi) is 4.67. The zero-order valence-electron chi connectivity index (χ0n) is 16.8. The zero-order valence-corrected chi connectivity index (χ0v) is 16.8. The van der Waals surface area contributed by atoms with Crippen LogP contribution in [-0.2, 0) is 6.18 Å². The lowest BCUT2D eigenvalue weighted by atomic mass is 10.0. The molecule has 0 amide bonds. The van der Waals surface area contributed by atoms with Crippen LogP contribution in [-0.4, -0.2) is 58.9 Å². The summed E-state index contributed by atoms with van der Waals surface area (Å²) >= 11 is 0. The Morgan fingerprint density at radius 3 is 2.65 bits per heavy atom. The van der Waals surface area contributed by atoms with E-state index in [4.69, 9.17) is 4.74 Å². The summed E-state index contributed by atoms with van der Waals surface area (Å²) in [5.41, 5.74) is 1.26. The molecular formula is C22H21F3N4O2. The second-order valence-corrected chi connectivity index (χ2v) is 7.86. The molecule has 0 saturated carbocycles. The Bertz CT molecular complexity index is 1160. The zero-order chi connectivity index (χ0) is 21.8. The van der Waals surface area contributed by atoms with Crippen molar-refractivity contribution in [2.45, 2.75) is 12.5 Å². The molecule has 2 aliphatic heterocycles. The first kappa shape index (κ1) is 19.9. The van der Waals surface area contributed by atoms with Gasteiger partial charge in [0.2, 0.25) is 6.29 Å². The Labute approximate surface area is 176 Å². The summed E-state index contributed by atoms with van der Waals surface area (Å²) in [6.07, 6.45) is -1.17. The summed E-state index contributed by atoms with van der Waals surface area (Å²) in [4.78, 5) is 8.67. The molecular weight excluding hydrogens is 409 g/mol. The van der Waals surface area contributed by atoms with E-state index in [9.17, 15) is 18.3 Å². The number of pyridine rings is 1. The number of imidazole rings is 1. The normalized spacial score (nSPS) is 19.8. The molecule has 1 N–H and O–H groups in total. The van der Waals surface area contributed by atoms with Crippen molar-refractivity contribution in [3.63, 3.8) is 0 Å². The van der Waals surface area contributed by atoms with Gasteiger partial charge in [0.05, 0.1) is 11.3 Å².